The third-order valence-corrected chi connectivity index (χ3v) is 8.90. The van der Waals surface area contributed by atoms with Crippen molar-refractivity contribution in [1.29, 1.82) is 0 Å². The first-order valence-electron chi connectivity index (χ1n) is 10.1. The van der Waals surface area contributed by atoms with Gasteiger partial charge in [0, 0.05) is 18.8 Å². The van der Waals surface area contributed by atoms with E-state index in [0.717, 1.165) is 5.56 Å². The summed E-state index contributed by atoms with van der Waals surface area (Å²) < 4.78 is 32.8. The summed E-state index contributed by atoms with van der Waals surface area (Å²) in [5.74, 6) is -0.0399. The number of rotatable bonds is 7. The lowest BCUT2D eigenvalue weighted by atomic mass is 10.2. The minimum absolute atomic E-state index is 0.0409. The first-order valence-corrected chi connectivity index (χ1v) is 13.3. The Hall–Kier alpha value is -2.40. The van der Waals surface area contributed by atoms with Crippen molar-refractivity contribution in [2.24, 2.45) is 0 Å². The molecule has 0 atom stereocenters. The largest absolute Gasteiger partial charge is 0.378 e. The van der Waals surface area contributed by atoms with Gasteiger partial charge in [0.2, 0.25) is 15.7 Å². The number of aryl methyl sites for hydroxylation is 1. The van der Waals surface area contributed by atoms with E-state index in [9.17, 15) is 13.2 Å². The summed E-state index contributed by atoms with van der Waals surface area (Å²) >= 11 is 2.54. The van der Waals surface area contributed by atoms with Crippen LogP contribution in [0.2, 0.25) is 0 Å². The van der Waals surface area contributed by atoms with Gasteiger partial charge in [-0.1, -0.05) is 59.0 Å². The molecule has 2 heterocycles. The highest BCUT2D eigenvalue weighted by molar-refractivity contribution is 8.01. The fourth-order valence-electron chi connectivity index (χ4n) is 3.16. The number of thioether (sulfide) groups is 1. The minimum Gasteiger partial charge on any atom is -0.378 e. The normalized spacial score (nSPS) is 14.3. The zero-order chi connectivity index (χ0) is 22.6. The monoisotopic (exact) mass is 489 g/mol. The zero-order valence-corrected chi connectivity index (χ0v) is 19.9. The Bertz CT molecular complexity index is 1170. The molecule has 0 radical (unpaired) electrons. The number of hydrogen-bond donors (Lipinski definition) is 1. The van der Waals surface area contributed by atoms with Crippen molar-refractivity contribution in [3.63, 3.8) is 0 Å². The molecule has 4 rings (SSSR count). The number of aromatic nitrogens is 1. The van der Waals surface area contributed by atoms with E-state index < -0.39 is 9.84 Å². The number of morpholine rings is 1. The summed E-state index contributed by atoms with van der Waals surface area (Å²) in [6, 6.07) is 16.0. The molecule has 7 nitrogen and oxygen atoms in total. The Kier molecular flexibility index (Phi) is 7.14. The van der Waals surface area contributed by atoms with Crippen molar-refractivity contribution < 1.29 is 17.9 Å². The van der Waals surface area contributed by atoms with Crippen LogP contribution < -0.4 is 10.2 Å². The number of para-hydroxylation sites is 1. The first-order chi connectivity index (χ1) is 15.4. The molecule has 168 valence electrons. The van der Waals surface area contributed by atoms with Gasteiger partial charge in [-0.3, -0.25) is 4.79 Å². The lowest BCUT2D eigenvalue weighted by Crippen LogP contribution is -2.36. The van der Waals surface area contributed by atoms with Gasteiger partial charge in [0.05, 0.1) is 23.9 Å². The van der Waals surface area contributed by atoms with E-state index >= 15 is 0 Å². The summed E-state index contributed by atoms with van der Waals surface area (Å²) in [5, 5.41) is 3.47. The molecule has 1 fully saturated rings. The maximum absolute atomic E-state index is 13.4. The standard InChI is InChI=1S/C22H23N3O4S3/c1-16-7-9-18(10-8-16)32(27,28)20-21(25-11-13-29-14-12-25)31-22(24-20)30-15-19(26)23-17-5-3-2-4-6-17/h2-10H,11-15H2,1H3,(H,23,26). The Balaban J connectivity index is 1.58. The average Bonchev–Trinajstić information content (AvgIpc) is 3.25. The molecular weight excluding hydrogens is 466 g/mol. The average molecular weight is 490 g/mol. The fourth-order valence-corrected chi connectivity index (χ4v) is 6.89. The minimum atomic E-state index is -3.80. The number of carbonyl (C=O) groups excluding carboxylic acids is 1. The van der Waals surface area contributed by atoms with Crippen LogP contribution in [0, 0.1) is 6.92 Å². The molecule has 1 aliphatic heterocycles. The number of thiazole rings is 1. The third-order valence-electron chi connectivity index (χ3n) is 4.83. The molecule has 32 heavy (non-hydrogen) atoms. The molecule has 1 aliphatic rings. The number of nitrogens with one attached hydrogen (secondary N) is 1. The Morgan fingerprint density at radius 3 is 2.50 bits per heavy atom. The van der Waals surface area contributed by atoms with Gasteiger partial charge in [-0.05, 0) is 31.2 Å². The molecule has 1 aromatic heterocycles. The van der Waals surface area contributed by atoms with Crippen LogP contribution in [0.5, 0.6) is 0 Å². The highest BCUT2D eigenvalue weighted by Gasteiger charge is 2.30. The van der Waals surface area contributed by atoms with Crippen molar-refractivity contribution in [3.05, 3.63) is 60.2 Å². The van der Waals surface area contributed by atoms with Crippen molar-refractivity contribution in [2.75, 3.05) is 42.3 Å². The number of benzene rings is 2. The number of anilines is 2. The highest BCUT2D eigenvalue weighted by Crippen LogP contribution is 2.39. The van der Waals surface area contributed by atoms with E-state index in [4.69, 9.17) is 4.74 Å². The Labute approximate surface area is 195 Å². The summed E-state index contributed by atoms with van der Waals surface area (Å²) in [6.45, 7) is 4.16. The summed E-state index contributed by atoms with van der Waals surface area (Å²) in [6.07, 6.45) is 0. The maximum Gasteiger partial charge on any atom is 0.234 e. The molecule has 3 aromatic rings. The predicted octanol–water partition coefficient (Wildman–Crippen LogP) is 3.85. The van der Waals surface area contributed by atoms with Gasteiger partial charge in [-0.2, -0.15) is 0 Å². The Morgan fingerprint density at radius 2 is 1.81 bits per heavy atom. The van der Waals surface area contributed by atoms with Crippen molar-refractivity contribution in [1.82, 2.24) is 4.98 Å². The topological polar surface area (TPSA) is 88.6 Å². The Morgan fingerprint density at radius 1 is 1.12 bits per heavy atom. The molecule has 1 saturated heterocycles. The second-order valence-electron chi connectivity index (χ2n) is 7.21. The number of hydrogen-bond acceptors (Lipinski definition) is 8. The van der Waals surface area contributed by atoms with Crippen LogP contribution in [-0.4, -0.2) is 51.4 Å². The second kappa shape index (κ2) is 10.0. The molecule has 10 heteroatoms. The fraction of sp³-hybridized carbons (Fsp3) is 0.273. The SMILES string of the molecule is Cc1ccc(S(=O)(=O)c2nc(SCC(=O)Nc3ccccc3)sc2N2CCOCC2)cc1. The summed E-state index contributed by atoms with van der Waals surface area (Å²) in [5.41, 5.74) is 1.70. The zero-order valence-electron chi connectivity index (χ0n) is 17.5. The second-order valence-corrected chi connectivity index (χ2v) is 11.3. The van der Waals surface area contributed by atoms with E-state index in [1.165, 1.54) is 23.1 Å². The summed E-state index contributed by atoms with van der Waals surface area (Å²) in [4.78, 5) is 19.0. The quantitative estimate of drug-likeness (QED) is 0.504. The summed E-state index contributed by atoms with van der Waals surface area (Å²) in [7, 11) is -3.80. The molecule has 0 saturated carbocycles. The van der Waals surface area contributed by atoms with E-state index in [1.54, 1.807) is 24.3 Å². The molecule has 1 amide bonds. The van der Waals surface area contributed by atoms with Crippen molar-refractivity contribution in [3.8, 4) is 0 Å². The van der Waals surface area contributed by atoms with Gasteiger partial charge >= 0.3 is 0 Å². The van der Waals surface area contributed by atoms with E-state index in [1.807, 2.05) is 42.2 Å². The van der Waals surface area contributed by atoms with Crippen molar-refractivity contribution in [2.45, 2.75) is 21.2 Å². The van der Waals surface area contributed by atoms with Gasteiger partial charge in [-0.25, -0.2) is 13.4 Å². The molecule has 0 spiro atoms. The smallest absolute Gasteiger partial charge is 0.234 e. The van der Waals surface area contributed by atoms with Gasteiger partial charge < -0.3 is 15.0 Å². The molecule has 2 aromatic carbocycles. The van der Waals surface area contributed by atoms with Gasteiger partial charge in [0.1, 0.15) is 5.00 Å². The number of amides is 1. The molecule has 0 unspecified atom stereocenters. The van der Waals surface area contributed by atoms with E-state index in [2.05, 4.69) is 10.3 Å². The molecule has 0 aliphatic carbocycles. The van der Waals surface area contributed by atoms with Crippen LogP contribution in [0.1, 0.15) is 5.56 Å². The first kappa shape index (κ1) is 22.8. The lowest BCUT2D eigenvalue weighted by molar-refractivity contribution is -0.113. The molecule has 1 N–H and O–H groups in total. The van der Waals surface area contributed by atoms with Crippen LogP contribution in [0.25, 0.3) is 0 Å². The number of carbonyl (C=O) groups is 1. The number of sulfone groups is 1. The van der Waals surface area contributed by atoms with Crippen LogP contribution in [0.4, 0.5) is 10.7 Å². The van der Waals surface area contributed by atoms with Crippen LogP contribution in [0.3, 0.4) is 0 Å². The number of nitrogens with zero attached hydrogens (tertiary/aromatic N) is 2. The van der Waals surface area contributed by atoms with Crippen LogP contribution in [-0.2, 0) is 19.4 Å². The van der Waals surface area contributed by atoms with Crippen LogP contribution in [0.15, 0.2) is 68.9 Å². The van der Waals surface area contributed by atoms with Gasteiger partial charge in [0.25, 0.3) is 0 Å². The van der Waals surface area contributed by atoms with Gasteiger partial charge in [-0.15, -0.1) is 0 Å². The predicted molar refractivity (Wildman–Crippen MR) is 128 cm³/mol. The maximum atomic E-state index is 13.4. The van der Waals surface area contributed by atoms with Crippen molar-refractivity contribution >= 4 is 49.5 Å². The highest BCUT2D eigenvalue weighted by atomic mass is 32.2. The van der Waals surface area contributed by atoms with Gasteiger partial charge in [0.15, 0.2) is 9.37 Å². The lowest BCUT2D eigenvalue weighted by Gasteiger charge is -2.27. The molecule has 0 bridgehead atoms. The molecular formula is C22H23N3O4S3. The van der Waals surface area contributed by atoms with E-state index in [-0.39, 0.29) is 21.6 Å². The number of ether oxygens (including phenoxy) is 1. The van der Waals surface area contributed by atoms with Crippen LogP contribution >= 0.6 is 23.1 Å². The third kappa shape index (κ3) is 5.32. The van der Waals surface area contributed by atoms with E-state index in [0.29, 0.717) is 41.3 Å².